The van der Waals surface area contributed by atoms with Crippen molar-refractivity contribution in [1.82, 2.24) is 9.78 Å². The van der Waals surface area contributed by atoms with Gasteiger partial charge < -0.3 is 9.47 Å². The van der Waals surface area contributed by atoms with Gasteiger partial charge in [0.25, 0.3) is 0 Å². The average molecular weight is 330 g/mol. The molecule has 0 bridgehead atoms. The van der Waals surface area contributed by atoms with Gasteiger partial charge >= 0.3 is 5.97 Å². The standard InChI is InChI=1S/C19H26N2O3/c1-4-17(24-18-10-6-5-9-16(18)15(2)3)19(22)23-14-8-13-21-12-7-11-20-21/h5-7,9-12,15,17H,4,8,13-14H2,1-3H3. The molecule has 0 fully saturated rings. The number of aromatic nitrogens is 2. The van der Waals surface area contributed by atoms with Gasteiger partial charge in [-0.1, -0.05) is 39.0 Å². The number of hydrogen-bond acceptors (Lipinski definition) is 4. The number of esters is 1. The van der Waals surface area contributed by atoms with Crippen LogP contribution in [0.5, 0.6) is 5.75 Å². The van der Waals surface area contributed by atoms with Gasteiger partial charge in [0.2, 0.25) is 0 Å². The van der Waals surface area contributed by atoms with Crippen LogP contribution in [0.25, 0.3) is 0 Å². The average Bonchev–Trinajstić information content (AvgIpc) is 3.10. The van der Waals surface area contributed by atoms with Gasteiger partial charge in [-0.25, -0.2) is 4.79 Å². The van der Waals surface area contributed by atoms with E-state index in [2.05, 4.69) is 18.9 Å². The molecule has 0 aliphatic rings. The number of aryl methyl sites for hydroxylation is 1. The molecule has 130 valence electrons. The molecule has 1 atom stereocenters. The van der Waals surface area contributed by atoms with E-state index in [9.17, 15) is 4.79 Å². The lowest BCUT2D eigenvalue weighted by atomic mass is 10.0. The largest absolute Gasteiger partial charge is 0.478 e. The minimum absolute atomic E-state index is 0.309. The summed E-state index contributed by atoms with van der Waals surface area (Å²) in [5.74, 6) is 0.785. The Kier molecular flexibility index (Phi) is 6.85. The van der Waals surface area contributed by atoms with Crippen molar-refractivity contribution in [3.05, 3.63) is 48.3 Å². The first-order chi connectivity index (χ1) is 11.6. The molecule has 0 saturated carbocycles. The van der Waals surface area contributed by atoms with Crippen molar-refractivity contribution in [3.63, 3.8) is 0 Å². The van der Waals surface area contributed by atoms with Gasteiger partial charge in [0, 0.05) is 25.4 Å². The first-order valence-electron chi connectivity index (χ1n) is 8.51. The van der Waals surface area contributed by atoms with Crippen LogP contribution in [-0.2, 0) is 16.1 Å². The van der Waals surface area contributed by atoms with E-state index in [1.165, 1.54) is 0 Å². The fourth-order valence-electron chi connectivity index (χ4n) is 2.44. The molecule has 5 heteroatoms. The highest BCUT2D eigenvalue weighted by molar-refractivity contribution is 5.75. The second-order valence-corrected chi connectivity index (χ2v) is 6.00. The van der Waals surface area contributed by atoms with Crippen molar-refractivity contribution < 1.29 is 14.3 Å². The summed E-state index contributed by atoms with van der Waals surface area (Å²) < 4.78 is 13.1. The SMILES string of the molecule is CCC(Oc1ccccc1C(C)C)C(=O)OCCCn1cccn1. The zero-order valence-electron chi connectivity index (χ0n) is 14.6. The number of para-hydroxylation sites is 1. The zero-order valence-corrected chi connectivity index (χ0v) is 14.6. The number of carbonyl (C=O) groups excluding carboxylic acids is 1. The van der Waals surface area contributed by atoms with Gasteiger partial charge in [0.05, 0.1) is 6.61 Å². The van der Waals surface area contributed by atoms with Gasteiger partial charge in [-0.3, -0.25) is 4.68 Å². The number of nitrogens with zero attached hydrogens (tertiary/aromatic N) is 2. The molecular formula is C19H26N2O3. The molecule has 1 heterocycles. The molecule has 0 amide bonds. The molecule has 0 radical (unpaired) electrons. The van der Waals surface area contributed by atoms with Crippen LogP contribution in [0.4, 0.5) is 0 Å². The fraction of sp³-hybridized carbons (Fsp3) is 0.474. The van der Waals surface area contributed by atoms with Gasteiger partial charge in [-0.05, 0) is 30.0 Å². The van der Waals surface area contributed by atoms with Gasteiger partial charge in [0.15, 0.2) is 6.10 Å². The van der Waals surface area contributed by atoms with E-state index in [0.29, 0.717) is 18.9 Å². The Balaban J connectivity index is 1.85. The van der Waals surface area contributed by atoms with Crippen LogP contribution in [0.15, 0.2) is 42.7 Å². The van der Waals surface area contributed by atoms with E-state index in [0.717, 1.165) is 24.3 Å². The molecule has 0 saturated heterocycles. The summed E-state index contributed by atoms with van der Waals surface area (Å²) in [4.78, 5) is 12.3. The summed E-state index contributed by atoms with van der Waals surface area (Å²) in [6.07, 6.45) is 4.35. The second-order valence-electron chi connectivity index (χ2n) is 6.00. The lowest BCUT2D eigenvalue weighted by molar-refractivity contribution is -0.152. The Morgan fingerprint density at radius 2 is 2.04 bits per heavy atom. The molecule has 0 spiro atoms. The highest BCUT2D eigenvalue weighted by Crippen LogP contribution is 2.27. The maximum absolute atomic E-state index is 12.3. The van der Waals surface area contributed by atoms with Crippen molar-refractivity contribution in [3.8, 4) is 5.75 Å². The first-order valence-corrected chi connectivity index (χ1v) is 8.51. The van der Waals surface area contributed by atoms with Crippen molar-refractivity contribution in [2.75, 3.05) is 6.61 Å². The Morgan fingerprint density at radius 3 is 2.71 bits per heavy atom. The lowest BCUT2D eigenvalue weighted by Gasteiger charge is -2.20. The van der Waals surface area contributed by atoms with Crippen molar-refractivity contribution in [2.45, 2.75) is 52.2 Å². The minimum Gasteiger partial charge on any atom is -0.478 e. The van der Waals surface area contributed by atoms with E-state index in [1.54, 1.807) is 6.20 Å². The van der Waals surface area contributed by atoms with Gasteiger partial charge in [-0.15, -0.1) is 0 Å². The fourth-order valence-corrected chi connectivity index (χ4v) is 2.44. The molecule has 5 nitrogen and oxygen atoms in total. The predicted octanol–water partition coefficient (Wildman–Crippen LogP) is 3.80. The number of hydrogen-bond donors (Lipinski definition) is 0. The molecule has 1 aromatic heterocycles. The van der Waals surface area contributed by atoms with E-state index in [-0.39, 0.29) is 5.97 Å². The van der Waals surface area contributed by atoms with Crippen LogP contribution in [-0.4, -0.2) is 28.5 Å². The van der Waals surface area contributed by atoms with Crippen LogP contribution in [0.3, 0.4) is 0 Å². The van der Waals surface area contributed by atoms with Crippen molar-refractivity contribution >= 4 is 5.97 Å². The molecule has 0 N–H and O–H groups in total. The van der Waals surface area contributed by atoms with E-state index < -0.39 is 6.10 Å². The summed E-state index contributed by atoms with van der Waals surface area (Å²) in [6.45, 7) is 7.24. The monoisotopic (exact) mass is 330 g/mol. The van der Waals surface area contributed by atoms with Crippen molar-refractivity contribution in [1.29, 1.82) is 0 Å². The normalized spacial score (nSPS) is 12.2. The van der Waals surface area contributed by atoms with Gasteiger partial charge in [-0.2, -0.15) is 5.10 Å². The number of carbonyl (C=O) groups is 1. The minimum atomic E-state index is -0.574. The summed E-state index contributed by atoms with van der Waals surface area (Å²) in [7, 11) is 0. The lowest BCUT2D eigenvalue weighted by Crippen LogP contribution is -2.29. The quantitative estimate of drug-likeness (QED) is 0.518. The maximum atomic E-state index is 12.3. The number of benzene rings is 1. The molecule has 0 aliphatic carbocycles. The third-order valence-corrected chi connectivity index (χ3v) is 3.78. The number of rotatable bonds is 9. The molecule has 2 rings (SSSR count). The molecule has 2 aromatic rings. The zero-order chi connectivity index (χ0) is 17.4. The maximum Gasteiger partial charge on any atom is 0.347 e. The molecule has 1 unspecified atom stereocenters. The molecule has 1 aromatic carbocycles. The summed E-state index contributed by atoms with van der Waals surface area (Å²) in [5, 5.41) is 4.12. The highest BCUT2D eigenvalue weighted by Gasteiger charge is 2.21. The summed E-state index contributed by atoms with van der Waals surface area (Å²) in [6, 6.07) is 9.71. The summed E-state index contributed by atoms with van der Waals surface area (Å²) >= 11 is 0. The van der Waals surface area contributed by atoms with Gasteiger partial charge in [0.1, 0.15) is 5.75 Å². The Morgan fingerprint density at radius 1 is 1.25 bits per heavy atom. The Labute approximate surface area is 143 Å². The second kappa shape index (κ2) is 9.11. The number of ether oxygens (including phenoxy) is 2. The van der Waals surface area contributed by atoms with Crippen LogP contribution in [0.1, 0.15) is 45.1 Å². The third-order valence-electron chi connectivity index (χ3n) is 3.78. The molecular weight excluding hydrogens is 304 g/mol. The Bertz CT molecular complexity index is 623. The molecule has 24 heavy (non-hydrogen) atoms. The predicted molar refractivity (Wildman–Crippen MR) is 93.0 cm³/mol. The smallest absolute Gasteiger partial charge is 0.347 e. The van der Waals surface area contributed by atoms with Crippen LogP contribution in [0.2, 0.25) is 0 Å². The topological polar surface area (TPSA) is 53.4 Å². The van der Waals surface area contributed by atoms with Crippen LogP contribution < -0.4 is 4.74 Å². The molecule has 0 aliphatic heterocycles. The van der Waals surface area contributed by atoms with Crippen molar-refractivity contribution in [2.24, 2.45) is 0 Å². The van der Waals surface area contributed by atoms with E-state index >= 15 is 0 Å². The Hall–Kier alpha value is -2.30. The van der Waals surface area contributed by atoms with E-state index in [4.69, 9.17) is 9.47 Å². The van der Waals surface area contributed by atoms with E-state index in [1.807, 2.05) is 48.1 Å². The van der Waals surface area contributed by atoms with Crippen LogP contribution >= 0.6 is 0 Å². The summed E-state index contributed by atoms with van der Waals surface area (Å²) in [5.41, 5.74) is 1.10. The highest BCUT2D eigenvalue weighted by atomic mass is 16.6. The van der Waals surface area contributed by atoms with Crippen LogP contribution in [0, 0.1) is 0 Å². The first kappa shape index (κ1) is 18.0. The third kappa shape index (κ3) is 5.11.